The number of carboxylic acids is 1. The molecular weight excluding hydrogens is 408 g/mol. The predicted molar refractivity (Wildman–Crippen MR) is 132 cm³/mol. The summed E-state index contributed by atoms with van der Waals surface area (Å²) in [5.41, 5.74) is 1.99. The summed E-state index contributed by atoms with van der Waals surface area (Å²) in [6.45, 7) is 16.8. The Morgan fingerprint density at radius 1 is 1.00 bits per heavy atom. The maximum Gasteiger partial charge on any atom is 0.306 e. The van der Waals surface area contributed by atoms with Crippen molar-refractivity contribution in [1.29, 1.82) is 0 Å². The Morgan fingerprint density at radius 2 is 1.70 bits per heavy atom. The fourth-order valence-electron chi connectivity index (χ4n) is 10.7. The van der Waals surface area contributed by atoms with Gasteiger partial charge in [0.2, 0.25) is 0 Å². The molecule has 1 N–H and O–H groups in total. The van der Waals surface area contributed by atoms with E-state index in [0.717, 1.165) is 44.9 Å². The van der Waals surface area contributed by atoms with Gasteiger partial charge in [-0.25, -0.2) is 0 Å². The van der Waals surface area contributed by atoms with Crippen LogP contribution < -0.4 is 0 Å². The van der Waals surface area contributed by atoms with E-state index < -0.39 is 5.97 Å². The maximum absolute atomic E-state index is 12.9. The van der Waals surface area contributed by atoms with Crippen LogP contribution in [0.4, 0.5) is 0 Å². The molecule has 5 aliphatic rings. The van der Waals surface area contributed by atoms with Crippen molar-refractivity contribution >= 4 is 11.8 Å². The molecule has 0 aromatic heterocycles. The quantitative estimate of drug-likeness (QED) is 0.428. The van der Waals surface area contributed by atoms with E-state index in [1.807, 2.05) is 0 Å². The molecule has 0 aromatic carbocycles. The van der Waals surface area contributed by atoms with Crippen LogP contribution in [0.25, 0.3) is 0 Å². The van der Waals surface area contributed by atoms with Gasteiger partial charge in [0.1, 0.15) is 5.78 Å². The summed E-state index contributed by atoms with van der Waals surface area (Å²) in [4.78, 5) is 25.1. The zero-order valence-electron chi connectivity index (χ0n) is 22.0. The first-order valence-corrected chi connectivity index (χ1v) is 13.8. The van der Waals surface area contributed by atoms with Crippen LogP contribution in [-0.4, -0.2) is 16.9 Å². The molecule has 0 bridgehead atoms. The number of hydrogen-bond acceptors (Lipinski definition) is 2. The van der Waals surface area contributed by atoms with Crippen LogP contribution in [0, 0.1) is 63.1 Å². The zero-order valence-corrected chi connectivity index (χ0v) is 22.0. The second kappa shape index (κ2) is 7.20. The first-order valence-electron chi connectivity index (χ1n) is 13.8. The maximum atomic E-state index is 12.9. The summed E-state index contributed by atoms with van der Waals surface area (Å²) >= 11 is 0. The lowest BCUT2D eigenvalue weighted by atomic mass is 9.34. The van der Waals surface area contributed by atoms with Gasteiger partial charge < -0.3 is 5.11 Å². The van der Waals surface area contributed by atoms with E-state index in [4.69, 9.17) is 0 Å². The number of allylic oxidation sites excluding steroid dienone is 2. The molecule has 10 atom stereocenters. The summed E-state index contributed by atoms with van der Waals surface area (Å²) in [6, 6.07) is 0. The molecule has 0 aromatic rings. The molecule has 184 valence electrons. The van der Waals surface area contributed by atoms with Crippen LogP contribution >= 0.6 is 0 Å². The van der Waals surface area contributed by atoms with Crippen molar-refractivity contribution in [1.82, 2.24) is 0 Å². The minimum atomic E-state index is -0.574. The zero-order chi connectivity index (χ0) is 24.1. The number of ketones is 1. The standard InChI is InChI=1S/C30H46O3/c1-17-16-20(26(32)33)19-10-14-29(6)21(25(19)18(17)2)8-9-23-28(5)13-12-24(31)27(3,4)22(28)11-15-30(23,29)7/h8,17-20,22-23,25H,9-16H2,1-7H3,(H,32,33)/t17?,18?,19-,20-,22?,23?,25?,28+,29-,30-/m1/s1. The molecule has 4 fully saturated rings. The number of carboxylic acid groups (broad SMARTS) is 1. The number of fused-ring (bicyclic) bond motifs is 7. The topological polar surface area (TPSA) is 54.4 Å². The Labute approximate surface area is 201 Å². The first-order chi connectivity index (χ1) is 15.3. The molecule has 0 spiro atoms. The molecule has 5 rings (SSSR count). The highest BCUT2D eigenvalue weighted by Gasteiger charge is 2.67. The molecule has 0 saturated heterocycles. The van der Waals surface area contributed by atoms with Crippen molar-refractivity contribution in [2.45, 2.75) is 99.8 Å². The number of carbonyl (C=O) groups excluding carboxylic acids is 1. The Bertz CT molecular complexity index is 900. The molecule has 0 heterocycles. The number of rotatable bonds is 1. The van der Waals surface area contributed by atoms with E-state index in [-0.39, 0.29) is 27.6 Å². The van der Waals surface area contributed by atoms with Crippen molar-refractivity contribution in [3.05, 3.63) is 11.6 Å². The Morgan fingerprint density at radius 3 is 2.36 bits per heavy atom. The number of hydrogen-bond donors (Lipinski definition) is 1. The highest BCUT2D eigenvalue weighted by atomic mass is 16.4. The van der Waals surface area contributed by atoms with E-state index in [1.165, 1.54) is 6.42 Å². The third kappa shape index (κ3) is 2.86. The third-order valence-electron chi connectivity index (χ3n) is 13.0. The van der Waals surface area contributed by atoms with Crippen LogP contribution in [0.5, 0.6) is 0 Å². The normalized spacial score (nSPS) is 53.1. The smallest absolute Gasteiger partial charge is 0.306 e. The summed E-state index contributed by atoms with van der Waals surface area (Å²) in [6.07, 6.45) is 10.9. The monoisotopic (exact) mass is 454 g/mol. The Hall–Kier alpha value is -1.12. The van der Waals surface area contributed by atoms with Crippen molar-refractivity contribution < 1.29 is 14.7 Å². The lowest BCUT2D eigenvalue weighted by Gasteiger charge is -2.70. The van der Waals surface area contributed by atoms with Crippen LogP contribution in [0.15, 0.2) is 11.6 Å². The van der Waals surface area contributed by atoms with Crippen molar-refractivity contribution in [2.75, 3.05) is 0 Å². The van der Waals surface area contributed by atoms with Gasteiger partial charge in [-0.2, -0.15) is 0 Å². The van der Waals surface area contributed by atoms with Crippen LogP contribution in [0.1, 0.15) is 99.8 Å². The second-order valence-electron chi connectivity index (χ2n) is 14.2. The van der Waals surface area contributed by atoms with E-state index in [1.54, 1.807) is 5.57 Å². The SMILES string of the molecule is CC1C[C@@H](C(=O)O)[C@H]2CC[C@]3(C)C(=CCC4[C@@]5(C)CCC(=O)C(C)(C)C5CC[C@]43C)C2C1C. The van der Waals surface area contributed by atoms with E-state index >= 15 is 0 Å². The molecule has 3 nitrogen and oxygen atoms in total. The van der Waals surface area contributed by atoms with Gasteiger partial charge in [-0.05, 0) is 96.7 Å². The summed E-state index contributed by atoms with van der Waals surface area (Å²) < 4.78 is 0. The summed E-state index contributed by atoms with van der Waals surface area (Å²) in [5, 5.41) is 10.1. The number of Topliss-reactive ketones (excluding diaryl/α,β-unsaturated/α-hetero) is 1. The third-order valence-corrected chi connectivity index (χ3v) is 13.0. The molecule has 5 unspecified atom stereocenters. The molecule has 0 amide bonds. The van der Waals surface area contributed by atoms with Crippen molar-refractivity contribution in [3.63, 3.8) is 0 Å². The predicted octanol–water partition coefficient (Wildman–Crippen LogP) is 7.15. The summed E-state index contributed by atoms with van der Waals surface area (Å²) in [7, 11) is 0. The van der Waals surface area contributed by atoms with Crippen LogP contribution in [-0.2, 0) is 9.59 Å². The van der Waals surface area contributed by atoms with Gasteiger partial charge in [0.15, 0.2) is 0 Å². The van der Waals surface area contributed by atoms with Gasteiger partial charge in [-0.3, -0.25) is 9.59 Å². The lowest BCUT2D eigenvalue weighted by Crippen LogP contribution is -2.64. The molecule has 0 radical (unpaired) electrons. The molecule has 5 aliphatic carbocycles. The first kappa shape index (κ1) is 23.6. The average Bonchev–Trinajstić information content (AvgIpc) is 2.73. The summed E-state index contributed by atoms with van der Waals surface area (Å²) in [5.74, 6) is 2.52. The van der Waals surface area contributed by atoms with Crippen LogP contribution in [0.2, 0.25) is 0 Å². The second-order valence-corrected chi connectivity index (χ2v) is 14.2. The largest absolute Gasteiger partial charge is 0.481 e. The van der Waals surface area contributed by atoms with Gasteiger partial charge in [0.25, 0.3) is 0 Å². The van der Waals surface area contributed by atoms with Gasteiger partial charge in [0.05, 0.1) is 5.92 Å². The molecule has 0 aliphatic heterocycles. The lowest BCUT2D eigenvalue weighted by molar-refractivity contribution is -0.184. The van der Waals surface area contributed by atoms with Gasteiger partial charge in [-0.15, -0.1) is 0 Å². The minimum Gasteiger partial charge on any atom is -0.481 e. The fourth-order valence-corrected chi connectivity index (χ4v) is 10.7. The van der Waals surface area contributed by atoms with E-state index in [2.05, 4.69) is 54.5 Å². The minimum absolute atomic E-state index is 0.144. The molecule has 3 heteroatoms. The Kier molecular flexibility index (Phi) is 5.15. The number of aliphatic carboxylic acids is 1. The highest BCUT2D eigenvalue weighted by Crippen LogP contribution is 2.74. The number of carbonyl (C=O) groups is 2. The molecule has 33 heavy (non-hydrogen) atoms. The molecular formula is C30H46O3. The van der Waals surface area contributed by atoms with Gasteiger partial charge >= 0.3 is 5.97 Å². The average molecular weight is 455 g/mol. The van der Waals surface area contributed by atoms with E-state index in [9.17, 15) is 14.7 Å². The van der Waals surface area contributed by atoms with Gasteiger partial charge in [0, 0.05) is 11.8 Å². The molecule has 4 saturated carbocycles. The van der Waals surface area contributed by atoms with Crippen molar-refractivity contribution in [3.8, 4) is 0 Å². The van der Waals surface area contributed by atoms with Crippen LogP contribution in [0.3, 0.4) is 0 Å². The van der Waals surface area contributed by atoms with Crippen molar-refractivity contribution in [2.24, 2.45) is 63.1 Å². The van der Waals surface area contributed by atoms with E-state index in [0.29, 0.717) is 41.3 Å². The fraction of sp³-hybridized carbons (Fsp3) is 0.867. The van der Waals surface area contributed by atoms with Gasteiger partial charge in [-0.1, -0.05) is 60.1 Å². The highest BCUT2D eigenvalue weighted by molar-refractivity contribution is 5.85. The Balaban J connectivity index is 1.58.